The molecular weight excluding hydrogens is 386 g/mol. The first kappa shape index (κ1) is 18.2. The van der Waals surface area contributed by atoms with Gasteiger partial charge in [0.25, 0.3) is 0 Å². The van der Waals surface area contributed by atoms with Crippen molar-refractivity contribution in [2.45, 2.75) is 24.3 Å². The number of carbonyl (C=O) groups excluding carboxylic acids is 1. The monoisotopic (exact) mass is 407 g/mol. The summed E-state index contributed by atoms with van der Waals surface area (Å²) in [6, 6.07) is 14.0. The number of aromatic nitrogens is 3. The van der Waals surface area contributed by atoms with Crippen molar-refractivity contribution in [3.63, 3.8) is 0 Å². The summed E-state index contributed by atoms with van der Waals surface area (Å²) in [6.45, 7) is 1.56. The summed E-state index contributed by atoms with van der Waals surface area (Å²) in [5, 5.41) is 15.8. The minimum atomic E-state index is -0.0300. The van der Waals surface area contributed by atoms with Gasteiger partial charge in [0.05, 0.1) is 17.0 Å². The molecule has 29 heavy (non-hydrogen) atoms. The lowest BCUT2D eigenvalue weighted by Gasteiger charge is -2.31. The van der Waals surface area contributed by atoms with Gasteiger partial charge in [0.15, 0.2) is 5.82 Å². The van der Waals surface area contributed by atoms with Gasteiger partial charge < -0.3 is 9.42 Å². The Morgan fingerprint density at radius 3 is 2.66 bits per heavy atom. The Morgan fingerprint density at radius 2 is 1.90 bits per heavy atom. The molecule has 0 radical (unpaired) electrons. The number of nitrogens with one attached hydrogen (secondary N) is 1. The van der Waals surface area contributed by atoms with Gasteiger partial charge in [-0.25, -0.2) is 0 Å². The van der Waals surface area contributed by atoms with E-state index in [-0.39, 0.29) is 11.8 Å². The summed E-state index contributed by atoms with van der Waals surface area (Å²) in [7, 11) is 0. The average Bonchev–Trinajstić information content (AvgIpc) is 3.40. The Balaban J connectivity index is 1.18. The minimum Gasteiger partial charge on any atom is -0.355 e. The summed E-state index contributed by atoms with van der Waals surface area (Å²) < 4.78 is 5.31. The van der Waals surface area contributed by atoms with E-state index >= 15 is 0 Å². The van der Waals surface area contributed by atoms with Crippen molar-refractivity contribution < 1.29 is 9.32 Å². The molecule has 8 heteroatoms. The molecule has 1 aromatic carbocycles. The van der Waals surface area contributed by atoms with Gasteiger partial charge in [0, 0.05) is 36.1 Å². The molecule has 0 bridgehead atoms. The van der Waals surface area contributed by atoms with E-state index < -0.39 is 0 Å². The van der Waals surface area contributed by atoms with Crippen LogP contribution in [0, 0.1) is 5.92 Å². The number of rotatable bonds is 4. The van der Waals surface area contributed by atoms with E-state index in [9.17, 15) is 4.79 Å². The van der Waals surface area contributed by atoms with Gasteiger partial charge >= 0.3 is 0 Å². The Morgan fingerprint density at radius 1 is 1.07 bits per heavy atom. The van der Waals surface area contributed by atoms with Crippen LogP contribution >= 0.6 is 11.8 Å². The molecule has 1 N–H and O–H groups in total. The Labute approximate surface area is 172 Å². The second-order valence-corrected chi connectivity index (χ2v) is 8.31. The number of thioether (sulfide) groups is 1. The first-order valence-electron chi connectivity index (χ1n) is 9.78. The van der Waals surface area contributed by atoms with E-state index in [1.54, 1.807) is 11.8 Å². The van der Waals surface area contributed by atoms with Crippen LogP contribution in [0.2, 0.25) is 0 Å². The predicted molar refractivity (Wildman–Crippen MR) is 113 cm³/mol. The van der Waals surface area contributed by atoms with Crippen molar-refractivity contribution in [3.8, 4) is 11.3 Å². The van der Waals surface area contributed by atoms with Gasteiger partial charge in [0.2, 0.25) is 11.8 Å². The third-order valence-electron chi connectivity index (χ3n) is 5.50. The number of amides is 1. The molecule has 1 amide bonds. The molecule has 148 valence electrons. The van der Waals surface area contributed by atoms with E-state index in [0.717, 1.165) is 65.8 Å². The zero-order valence-corrected chi connectivity index (χ0v) is 16.7. The second kappa shape index (κ2) is 7.87. The molecule has 2 aliphatic heterocycles. The van der Waals surface area contributed by atoms with Crippen LogP contribution in [0.4, 0.5) is 11.7 Å². The molecule has 7 nitrogen and oxygen atoms in total. The van der Waals surface area contributed by atoms with Crippen LogP contribution in [-0.2, 0) is 16.3 Å². The van der Waals surface area contributed by atoms with Crippen molar-refractivity contribution >= 4 is 29.4 Å². The van der Waals surface area contributed by atoms with Crippen LogP contribution in [0.15, 0.2) is 47.0 Å². The van der Waals surface area contributed by atoms with E-state index in [4.69, 9.17) is 4.52 Å². The molecule has 0 saturated carbocycles. The zero-order chi connectivity index (χ0) is 19.6. The Bertz CT molecular complexity index is 998. The van der Waals surface area contributed by atoms with Crippen molar-refractivity contribution in [1.29, 1.82) is 0 Å². The summed E-state index contributed by atoms with van der Waals surface area (Å²) in [5.74, 6) is 3.08. The fraction of sp³-hybridized carbons (Fsp3) is 0.333. The summed E-state index contributed by atoms with van der Waals surface area (Å²) >= 11 is 1.79. The number of fused-ring (bicyclic) bond motifs is 1. The quantitative estimate of drug-likeness (QED) is 0.705. The maximum atomic E-state index is 12.7. The number of nitrogens with zero attached hydrogens (tertiary/aromatic N) is 4. The first-order valence-corrected chi connectivity index (χ1v) is 10.9. The summed E-state index contributed by atoms with van der Waals surface area (Å²) in [5.41, 5.74) is 3.91. The zero-order valence-electron chi connectivity index (χ0n) is 15.9. The van der Waals surface area contributed by atoms with Crippen molar-refractivity contribution in [2.75, 3.05) is 23.3 Å². The number of hydrogen-bond donors (Lipinski definition) is 1. The number of anilines is 2. The van der Waals surface area contributed by atoms with E-state index in [0.29, 0.717) is 5.88 Å². The highest BCUT2D eigenvalue weighted by Crippen LogP contribution is 2.35. The molecule has 0 spiro atoms. The molecule has 1 saturated heterocycles. The van der Waals surface area contributed by atoms with E-state index in [2.05, 4.69) is 25.6 Å². The smallest absolute Gasteiger partial charge is 0.235 e. The second-order valence-electron chi connectivity index (χ2n) is 7.32. The molecule has 2 aromatic heterocycles. The summed E-state index contributed by atoms with van der Waals surface area (Å²) in [4.78, 5) is 14.8. The molecule has 0 aliphatic carbocycles. The molecular formula is C21H21N5O2S. The highest BCUT2D eigenvalue weighted by atomic mass is 32.2. The SMILES string of the molecule is O=C(Nc1onc2c1CSC2)C1CCN(c2ccc(-c3ccccc3)nn2)CC1. The number of carbonyl (C=O) groups is 1. The topological polar surface area (TPSA) is 84.2 Å². The van der Waals surface area contributed by atoms with Crippen molar-refractivity contribution in [3.05, 3.63) is 53.7 Å². The maximum absolute atomic E-state index is 12.7. The largest absolute Gasteiger partial charge is 0.355 e. The third-order valence-corrected chi connectivity index (χ3v) is 6.47. The van der Waals surface area contributed by atoms with Crippen LogP contribution in [0.1, 0.15) is 24.1 Å². The van der Waals surface area contributed by atoms with Crippen LogP contribution < -0.4 is 10.2 Å². The molecule has 1 fully saturated rings. The van der Waals surface area contributed by atoms with Gasteiger partial charge in [-0.2, -0.15) is 11.8 Å². The van der Waals surface area contributed by atoms with Crippen molar-refractivity contribution in [1.82, 2.24) is 15.4 Å². The van der Waals surface area contributed by atoms with Crippen LogP contribution in [-0.4, -0.2) is 34.4 Å². The number of piperidine rings is 1. The first-order chi connectivity index (χ1) is 14.3. The highest BCUT2D eigenvalue weighted by molar-refractivity contribution is 7.98. The van der Waals surface area contributed by atoms with E-state index in [1.807, 2.05) is 42.5 Å². The standard InChI is InChI=1S/C21H21N5O2S/c27-20(22-21-16-12-29-13-18(16)25-28-21)15-8-10-26(11-9-15)19-7-6-17(23-24-19)14-4-2-1-3-5-14/h1-7,15H,8-13H2,(H,22,27). The fourth-order valence-corrected chi connectivity index (χ4v) is 4.82. The van der Waals surface area contributed by atoms with Gasteiger partial charge in [-0.15, -0.1) is 10.2 Å². The van der Waals surface area contributed by atoms with E-state index in [1.165, 1.54) is 0 Å². The molecule has 4 heterocycles. The van der Waals surface area contributed by atoms with Crippen LogP contribution in [0.25, 0.3) is 11.3 Å². The molecule has 0 atom stereocenters. The van der Waals surface area contributed by atoms with Crippen molar-refractivity contribution in [2.24, 2.45) is 5.92 Å². The number of benzene rings is 1. The van der Waals surface area contributed by atoms with Crippen LogP contribution in [0.3, 0.4) is 0 Å². The predicted octanol–water partition coefficient (Wildman–Crippen LogP) is 3.73. The van der Waals surface area contributed by atoms with Gasteiger partial charge in [0.1, 0.15) is 0 Å². The Kier molecular flexibility index (Phi) is 4.93. The van der Waals surface area contributed by atoms with Gasteiger partial charge in [-0.1, -0.05) is 35.5 Å². The van der Waals surface area contributed by atoms with Crippen LogP contribution in [0.5, 0.6) is 0 Å². The van der Waals surface area contributed by atoms with Gasteiger partial charge in [-0.05, 0) is 25.0 Å². The minimum absolute atomic E-state index is 0.0195. The molecule has 5 rings (SSSR count). The lowest BCUT2D eigenvalue weighted by molar-refractivity contribution is -0.120. The molecule has 2 aliphatic rings. The fourth-order valence-electron chi connectivity index (χ4n) is 3.79. The average molecular weight is 407 g/mol. The normalized spacial score (nSPS) is 16.6. The Hall–Kier alpha value is -2.87. The lowest BCUT2D eigenvalue weighted by atomic mass is 9.96. The molecule has 3 aromatic rings. The molecule has 0 unspecified atom stereocenters. The highest BCUT2D eigenvalue weighted by Gasteiger charge is 2.29. The maximum Gasteiger partial charge on any atom is 0.235 e. The lowest BCUT2D eigenvalue weighted by Crippen LogP contribution is -2.38. The number of hydrogen-bond acceptors (Lipinski definition) is 7. The third kappa shape index (κ3) is 3.72. The van der Waals surface area contributed by atoms with Gasteiger partial charge in [-0.3, -0.25) is 10.1 Å². The summed E-state index contributed by atoms with van der Waals surface area (Å²) in [6.07, 6.45) is 1.55.